The molecule has 0 aliphatic carbocycles. The predicted octanol–water partition coefficient (Wildman–Crippen LogP) is 3.35. The molecule has 2 aromatic heterocycles. The molecule has 9 heteroatoms. The second-order valence-electron chi connectivity index (χ2n) is 5.50. The third-order valence-corrected chi connectivity index (χ3v) is 4.13. The van der Waals surface area contributed by atoms with Crippen molar-refractivity contribution in [3.63, 3.8) is 0 Å². The zero-order valence-corrected chi connectivity index (χ0v) is 16.2. The van der Waals surface area contributed by atoms with Gasteiger partial charge in [-0.15, -0.1) is 0 Å². The monoisotopic (exact) mass is 437 g/mol. The number of amides is 1. The molecular formula is C17H17BrClN5O2. The third-order valence-electron chi connectivity index (χ3n) is 3.48. The molecule has 0 saturated carbocycles. The van der Waals surface area contributed by atoms with Gasteiger partial charge in [0.2, 0.25) is 0 Å². The topological polar surface area (TPSA) is 74.0 Å². The highest BCUT2D eigenvalue weighted by Gasteiger charge is 2.09. The van der Waals surface area contributed by atoms with E-state index < -0.39 is 0 Å². The Balaban J connectivity index is 1.42. The molecule has 0 bridgehead atoms. The Hall–Kier alpha value is -2.32. The van der Waals surface area contributed by atoms with E-state index in [0.717, 1.165) is 17.4 Å². The number of halogens is 2. The lowest BCUT2D eigenvalue weighted by atomic mass is 10.3. The van der Waals surface area contributed by atoms with Crippen LogP contribution in [0.4, 0.5) is 0 Å². The number of nitrogens with one attached hydrogen (secondary N) is 1. The normalized spacial score (nSPS) is 10.7. The lowest BCUT2D eigenvalue weighted by Crippen LogP contribution is -2.26. The number of carbonyl (C=O) groups is 1. The van der Waals surface area contributed by atoms with Crippen molar-refractivity contribution in [2.24, 2.45) is 0 Å². The fraction of sp³-hybridized carbons (Fsp3) is 0.235. The predicted molar refractivity (Wildman–Crippen MR) is 101 cm³/mol. The Kier molecular flexibility index (Phi) is 6.30. The summed E-state index contributed by atoms with van der Waals surface area (Å²) in [5.74, 6) is 0.428. The molecule has 1 amide bonds. The molecule has 0 spiro atoms. The molecule has 136 valence electrons. The minimum absolute atomic E-state index is 0.196. The van der Waals surface area contributed by atoms with Crippen molar-refractivity contribution >= 4 is 33.4 Å². The number of carbonyl (C=O) groups excluding carboxylic acids is 1. The van der Waals surface area contributed by atoms with Crippen LogP contribution in [0, 0.1) is 0 Å². The number of nitrogens with zero attached hydrogens (tertiary/aromatic N) is 4. The quantitative estimate of drug-likeness (QED) is 0.547. The molecule has 0 fully saturated rings. The third kappa shape index (κ3) is 5.34. The second kappa shape index (κ2) is 8.86. The van der Waals surface area contributed by atoms with E-state index in [1.807, 2.05) is 16.9 Å². The van der Waals surface area contributed by atoms with Crippen molar-refractivity contribution < 1.29 is 9.53 Å². The van der Waals surface area contributed by atoms with Crippen LogP contribution in [0.15, 0.2) is 53.4 Å². The van der Waals surface area contributed by atoms with Crippen LogP contribution in [0.25, 0.3) is 0 Å². The highest BCUT2D eigenvalue weighted by molar-refractivity contribution is 9.10. The maximum Gasteiger partial charge on any atom is 0.271 e. The van der Waals surface area contributed by atoms with Gasteiger partial charge in [-0.1, -0.05) is 17.7 Å². The Morgan fingerprint density at radius 1 is 1.31 bits per heavy atom. The molecule has 0 saturated heterocycles. The SMILES string of the molecule is O=C(NCCCn1cc(Br)cn1)c1ccn(COc2cccc(Cl)c2)n1. The van der Waals surface area contributed by atoms with E-state index in [1.165, 1.54) is 0 Å². The molecule has 0 atom stereocenters. The van der Waals surface area contributed by atoms with Crippen LogP contribution in [0.5, 0.6) is 5.75 Å². The first-order valence-corrected chi connectivity index (χ1v) is 9.15. The molecular weight excluding hydrogens is 422 g/mol. The van der Waals surface area contributed by atoms with E-state index in [4.69, 9.17) is 16.3 Å². The summed E-state index contributed by atoms with van der Waals surface area (Å²) in [6.45, 7) is 1.47. The van der Waals surface area contributed by atoms with Gasteiger partial charge in [-0.3, -0.25) is 9.48 Å². The van der Waals surface area contributed by atoms with Crippen LogP contribution in [-0.2, 0) is 13.3 Å². The Labute approximate surface area is 164 Å². The average Bonchev–Trinajstić information content (AvgIpc) is 3.26. The zero-order valence-electron chi connectivity index (χ0n) is 13.8. The van der Waals surface area contributed by atoms with E-state index in [-0.39, 0.29) is 12.6 Å². The van der Waals surface area contributed by atoms with Crippen molar-refractivity contribution in [1.82, 2.24) is 24.9 Å². The smallest absolute Gasteiger partial charge is 0.271 e. The molecule has 1 aromatic carbocycles. The van der Waals surface area contributed by atoms with Gasteiger partial charge >= 0.3 is 0 Å². The summed E-state index contributed by atoms with van der Waals surface area (Å²) in [6.07, 6.45) is 6.10. The molecule has 2 heterocycles. The molecule has 0 aliphatic heterocycles. The van der Waals surface area contributed by atoms with Crippen molar-refractivity contribution in [3.8, 4) is 5.75 Å². The number of benzene rings is 1. The van der Waals surface area contributed by atoms with Crippen LogP contribution >= 0.6 is 27.5 Å². The molecule has 1 N–H and O–H groups in total. The number of ether oxygens (including phenoxy) is 1. The second-order valence-corrected chi connectivity index (χ2v) is 6.85. The largest absolute Gasteiger partial charge is 0.471 e. The van der Waals surface area contributed by atoms with E-state index in [9.17, 15) is 4.79 Å². The van der Waals surface area contributed by atoms with E-state index in [1.54, 1.807) is 41.3 Å². The lowest BCUT2D eigenvalue weighted by Gasteiger charge is -2.06. The summed E-state index contributed by atoms with van der Waals surface area (Å²) < 4.78 is 9.89. The lowest BCUT2D eigenvalue weighted by molar-refractivity contribution is 0.0945. The van der Waals surface area contributed by atoms with Gasteiger partial charge in [0.15, 0.2) is 6.73 Å². The summed E-state index contributed by atoms with van der Waals surface area (Å²) in [5, 5.41) is 11.8. The average molecular weight is 439 g/mol. The van der Waals surface area contributed by atoms with Crippen LogP contribution < -0.4 is 10.1 Å². The molecule has 7 nitrogen and oxygen atoms in total. The molecule has 3 aromatic rings. The summed E-state index contributed by atoms with van der Waals surface area (Å²) in [7, 11) is 0. The highest BCUT2D eigenvalue weighted by Crippen LogP contribution is 2.17. The number of hydrogen-bond donors (Lipinski definition) is 1. The van der Waals surface area contributed by atoms with Crippen molar-refractivity contribution in [2.45, 2.75) is 19.7 Å². The summed E-state index contributed by atoms with van der Waals surface area (Å²) in [6, 6.07) is 8.76. The van der Waals surface area contributed by atoms with E-state index in [0.29, 0.717) is 23.0 Å². The Bertz CT molecular complexity index is 879. The molecule has 26 heavy (non-hydrogen) atoms. The zero-order chi connectivity index (χ0) is 18.4. The van der Waals surface area contributed by atoms with Gasteiger partial charge in [0.25, 0.3) is 5.91 Å². The van der Waals surface area contributed by atoms with Gasteiger partial charge in [-0.25, -0.2) is 4.68 Å². The summed E-state index contributed by atoms with van der Waals surface area (Å²) in [5.41, 5.74) is 0.349. The van der Waals surface area contributed by atoms with Gasteiger partial charge in [0.05, 0.1) is 10.7 Å². The van der Waals surface area contributed by atoms with Gasteiger partial charge in [-0.05, 0) is 46.6 Å². The first kappa shape index (κ1) is 18.5. The summed E-state index contributed by atoms with van der Waals surface area (Å²) in [4.78, 5) is 12.1. The molecule has 0 unspecified atom stereocenters. The van der Waals surface area contributed by atoms with E-state index >= 15 is 0 Å². The molecule has 3 rings (SSSR count). The minimum Gasteiger partial charge on any atom is -0.471 e. The number of aryl methyl sites for hydroxylation is 1. The van der Waals surface area contributed by atoms with Crippen molar-refractivity contribution in [2.75, 3.05) is 6.54 Å². The molecule has 0 aliphatic rings. The first-order chi connectivity index (χ1) is 12.6. The maximum atomic E-state index is 12.1. The fourth-order valence-corrected chi connectivity index (χ4v) is 2.75. The molecule has 0 radical (unpaired) electrons. The number of rotatable bonds is 8. The van der Waals surface area contributed by atoms with E-state index in [2.05, 4.69) is 31.4 Å². The summed E-state index contributed by atoms with van der Waals surface area (Å²) >= 11 is 9.26. The minimum atomic E-state index is -0.215. The standard InChI is InChI=1S/C17H17BrClN5O2/c18-13-10-21-23(11-13)7-2-6-20-17(25)16-5-8-24(22-16)12-26-15-4-1-3-14(19)9-15/h1,3-5,8-11H,2,6-7,12H2,(H,20,25). The van der Waals surface area contributed by atoms with Crippen LogP contribution in [0.3, 0.4) is 0 Å². The fourth-order valence-electron chi connectivity index (χ4n) is 2.25. The number of hydrogen-bond acceptors (Lipinski definition) is 4. The van der Waals surface area contributed by atoms with Crippen molar-refractivity contribution in [3.05, 3.63) is 64.1 Å². The van der Waals surface area contributed by atoms with Gasteiger partial charge in [0.1, 0.15) is 11.4 Å². The van der Waals surface area contributed by atoms with Crippen LogP contribution in [-0.4, -0.2) is 32.0 Å². The van der Waals surface area contributed by atoms with Gasteiger partial charge in [-0.2, -0.15) is 10.2 Å². The first-order valence-electron chi connectivity index (χ1n) is 7.98. The van der Waals surface area contributed by atoms with Gasteiger partial charge in [0, 0.05) is 30.5 Å². The maximum absolute atomic E-state index is 12.1. The van der Waals surface area contributed by atoms with Crippen LogP contribution in [0.2, 0.25) is 5.02 Å². The van der Waals surface area contributed by atoms with Crippen LogP contribution in [0.1, 0.15) is 16.9 Å². The Morgan fingerprint density at radius 2 is 2.19 bits per heavy atom. The van der Waals surface area contributed by atoms with Crippen molar-refractivity contribution in [1.29, 1.82) is 0 Å². The highest BCUT2D eigenvalue weighted by atomic mass is 79.9. The number of aromatic nitrogens is 4. The Morgan fingerprint density at radius 3 is 2.96 bits per heavy atom. The van der Waals surface area contributed by atoms with Gasteiger partial charge < -0.3 is 10.1 Å².